The summed E-state index contributed by atoms with van der Waals surface area (Å²) in [5.41, 5.74) is 1.32. The van der Waals surface area contributed by atoms with Crippen LogP contribution < -0.4 is 0 Å². The maximum Gasteiger partial charge on any atom is 0.0355 e. The molecule has 0 aliphatic carbocycles. The summed E-state index contributed by atoms with van der Waals surface area (Å²) in [7, 11) is 0. The van der Waals surface area contributed by atoms with Crippen molar-refractivity contribution < 1.29 is 0 Å². The van der Waals surface area contributed by atoms with Crippen LogP contribution in [0.25, 0.3) is 20.5 Å². The maximum absolute atomic E-state index is 2.34. The summed E-state index contributed by atoms with van der Waals surface area (Å²) in [5, 5.41) is 1.33. The maximum atomic E-state index is 2.34. The number of thiophene rings is 1. The number of hydrogen-bond donors (Lipinski definition) is 0. The minimum atomic E-state index is 1.32. The predicted molar refractivity (Wildman–Crippen MR) is 102 cm³/mol. The minimum Gasteiger partial charge on any atom is -0.135 e. The molecular weight excluding hydrogens is 336 g/mol. The van der Waals surface area contributed by atoms with Crippen molar-refractivity contribution in [2.75, 3.05) is 0 Å². The van der Waals surface area contributed by atoms with Crippen molar-refractivity contribution in [3.05, 3.63) is 72.8 Å². The van der Waals surface area contributed by atoms with Crippen LogP contribution in [0.15, 0.2) is 92.4 Å². The van der Waals surface area contributed by atoms with Crippen molar-refractivity contribution in [3.8, 4) is 10.4 Å². The fourth-order valence-corrected chi connectivity index (χ4v) is 6.12. The fraction of sp³-hybridized carbons (Fsp3) is 0. The molecule has 0 atom stereocenters. The Labute approximate surface area is 147 Å². The molecule has 0 unspecified atom stereocenters. The van der Waals surface area contributed by atoms with Crippen LogP contribution in [0.4, 0.5) is 0 Å². The van der Waals surface area contributed by atoms with E-state index in [1.54, 1.807) is 0 Å². The van der Waals surface area contributed by atoms with Gasteiger partial charge in [-0.1, -0.05) is 59.9 Å². The molecule has 1 aromatic heterocycles. The predicted octanol–water partition coefficient (Wildman–Crippen LogP) is 7.18. The highest BCUT2D eigenvalue weighted by Gasteiger charge is 2.17. The van der Waals surface area contributed by atoms with Crippen LogP contribution >= 0.6 is 34.9 Å². The molecule has 0 N–H and O–H groups in total. The highest BCUT2D eigenvalue weighted by atomic mass is 32.2. The van der Waals surface area contributed by atoms with Crippen LogP contribution in [0, 0.1) is 0 Å². The lowest BCUT2D eigenvalue weighted by molar-refractivity contribution is 1.16. The SMILES string of the molecule is c1ccc2c(c1)Sc1ccc(-c3cc4ccccc4s3)cc1S2. The molecule has 0 amide bonds. The Morgan fingerprint density at radius 3 is 2.09 bits per heavy atom. The molecule has 0 spiro atoms. The number of hydrogen-bond acceptors (Lipinski definition) is 3. The molecule has 110 valence electrons. The Balaban J connectivity index is 1.59. The second-order valence-electron chi connectivity index (χ2n) is 5.46. The first-order valence-electron chi connectivity index (χ1n) is 7.44. The molecule has 1 aliphatic rings. The average Bonchev–Trinajstić information content (AvgIpc) is 3.03. The second kappa shape index (κ2) is 5.45. The van der Waals surface area contributed by atoms with Crippen LogP contribution in [0.2, 0.25) is 0 Å². The van der Waals surface area contributed by atoms with E-state index >= 15 is 0 Å². The molecule has 4 aromatic rings. The topological polar surface area (TPSA) is 0 Å². The van der Waals surface area contributed by atoms with Gasteiger partial charge in [0.1, 0.15) is 0 Å². The first kappa shape index (κ1) is 13.7. The van der Waals surface area contributed by atoms with Crippen molar-refractivity contribution in [1.82, 2.24) is 0 Å². The zero-order valence-corrected chi connectivity index (χ0v) is 14.6. The molecule has 3 heteroatoms. The van der Waals surface area contributed by atoms with Gasteiger partial charge in [-0.05, 0) is 47.3 Å². The van der Waals surface area contributed by atoms with Gasteiger partial charge < -0.3 is 0 Å². The second-order valence-corrected chi connectivity index (χ2v) is 8.71. The van der Waals surface area contributed by atoms with Crippen molar-refractivity contribution in [3.63, 3.8) is 0 Å². The molecule has 3 aromatic carbocycles. The first-order chi connectivity index (χ1) is 11.4. The Kier molecular flexibility index (Phi) is 3.25. The van der Waals surface area contributed by atoms with Gasteiger partial charge in [-0.15, -0.1) is 11.3 Å². The van der Waals surface area contributed by atoms with Gasteiger partial charge in [0.05, 0.1) is 0 Å². The van der Waals surface area contributed by atoms with E-state index in [0.717, 1.165) is 0 Å². The van der Waals surface area contributed by atoms with E-state index in [9.17, 15) is 0 Å². The van der Waals surface area contributed by atoms with Gasteiger partial charge in [0.25, 0.3) is 0 Å². The highest BCUT2D eigenvalue weighted by Crippen LogP contribution is 2.49. The minimum absolute atomic E-state index is 1.32. The summed E-state index contributed by atoms with van der Waals surface area (Å²) in [6.07, 6.45) is 0. The normalized spacial score (nSPS) is 12.9. The van der Waals surface area contributed by atoms with Gasteiger partial charge in [-0.25, -0.2) is 0 Å². The van der Waals surface area contributed by atoms with Crippen LogP contribution in [0.1, 0.15) is 0 Å². The molecule has 0 saturated heterocycles. The van der Waals surface area contributed by atoms with Crippen molar-refractivity contribution in [2.24, 2.45) is 0 Å². The van der Waals surface area contributed by atoms with Gasteiger partial charge >= 0.3 is 0 Å². The Bertz CT molecular complexity index is 997. The Morgan fingerprint density at radius 2 is 1.26 bits per heavy atom. The molecule has 2 heterocycles. The zero-order chi connectivity index (χ0) is 15.2. The number of rotatable bonds is 1. The van der Waals surface area contributed by atoms with Gasteiger partial charge in [0.15, 0.2) is 0 Å². The molecule has 5 rings (SSSR count). The van der Waals surface area contributed by atoms with E-state index in [1.807, 2.05) is 34.9 Å². The summed E-state index contributed by atoms with van der Waals surface area (Å²) in [6, 6.07) is 26.4. The molecule has 23 heavy (non-hydrogen) atoms. The number of benzene rings is 3. The molecule has 0 fully saturated rings. The molecule has 1 aliphatic heterocycles. The lowest BCUT2D eigenvalue weighted by Gasteiger charge is -2.18. The zero-order valence-electron chi connectivity index (χ0n) is 12.2. The largest absolute Gasteiger partial charge is 0.135 e. The lowest BCUT2D eigenvalue weighted by atomic mass is 10.1. The summed E-state index contributed by atoms with van der Waals surface area (Å²) in [4.78, 5) is 6.79. The molecule has 0 nitrogen and oxygen atoms in total. The highest BCUT2D eigenvalue weighted by molar-refractivity contribution is 8.05. The summed E-state index contributed by atoms with van der Waals surface area (Å²) >= 11 is 5.63. The van der Waals surface area contributed by atoms with Crippen LogP contribution in [0.5, 0.6) is 0 Å². The van der Waals surface area contributed by atoms with E-state index in [2.05, 4.69) is 72.8 Å². The molecule has 0 bridgehead atoms. The third-order valence-corrected chi connectivity index (χ3v) is 7.65. The van der Waals surface area contributed by atoms with Gasteiger partial charge in [-0.2, -0.15) is 0 Å². The summed E-state index contributed by atoms with van der Waals surface area (Å²) in [6.45, 7) is 0. The summed E-state index contributed by atoms with van der Waals surface area (Å²) in [5.74, 6) is 0. The van der Waals surface area contributed by atoms with Gasteiger partial charge in [0.2, 0.25) is 0 Å². The molecular formula is C20H12S3. The third kappa shape index (κ3) is 2.40. The van der Waals surface area contributed by atoms with Crippen molar-refractivity contribution in [2.45, 2.75) is 19.6 Å². The lowest BCUT2D eigenvalue weighted by Crippen LogP contribution is -1.89. The smallest absolute Gasteiger partial charge is 0.0355 e. The molecule has 0 saturated carbocycles. The van der Waals surface area contributed by atoms with Crippen LogP contribution in [0.3, 0.4) is 0 Å². The van der Waals surface area contributed by atoms with Crippen molar-refractivity contribution in [1.29, 1.82) is 0 Å². The van der Waals surface area contributed by atoms with E-state index in [1.165, 1.54) is 40.1 Å². The van der Waals surface area contributed by atoms with Gasteiger partial charge in [-0.3, -0.25) is 0 Å². The quantitative estimate of drug-likeness (QED) is 0.314. The monoisotopic (exact) mass is 348 g/mol. The van der Waals surface area contributed by atoms with Crippen molar-refractivity contribution >= 4 is 44.9 Å². The van der Waals surface area contributed by atoms with Crippen LogP contribution in [-0.2, 0) is 0 Å². The molecule has 0 radical (unpaired) electrons. The fourth-order valence-electron chi connectivity index (χ4n) is 2.81. The first-order valence-corrected chi connectivity index (χ1v) is 9.89. The van der Waals surface area contributed by atoms with E-state index in [4.69, 9.17) is 0 Å². The van der Waals surface area contributed by atoms with Gasteiger partial charge in [0, 0.05) is 29.2 Å². The standard InChI is InChI=1S/C20H12S3/c1-2-6-15-13(5-1)11-19(21-15)14-9-10-18-20(12-14)23-17-8-4-3-7-16(17)22-18/h1-12H. The Morgan fingerprint density at radius 1 is 0.565 bits per heavy atom. The van der Waals surface area contributed by atoms with E-state index in [0.29, 0.717) is 0 Å². The van der Waals surface area contributed by atoms with Crippen LogP contribution in [-0.4, -0.2) is 0 Å². The number of fused-ring (bicyclic) bond motifs is 3. The van der Waals surface area contributed by atoms with E-state index in [-0.39, 0.29) is 0 Å². The van der Waals surface area contributed by atoms with E-state index < -0.39 is 0 Å². The Hall–Kier alpha value is -1.68. The third-order valence-electron chi connectivity index (χ3n) is 3.94. The average molecular weight is 349 g/mol. The summed E-state index contributed by atoms with van der Waals surface area (Å²) < 4.78 is 1.35.